The molecule has 0 saturated carbocycles. The zero-order valence-corrected chi connectivity index (χ0v) is 8.10. The Morgan fingerprint density at radius 2 is 1.64 bits per heavy atom. The highest BCUT2D eigenvalue weighted by Crippen LogP contribution is 1.85. The molecule has 11 heavy (non-hydrogen) atoms. The fourth-order valence-corrected chi connectivity index (χ4v) is 0.589. The largest absolute Gasteiger partial charge is 1.00 e. The molecule has 4 nitrogen and oxygen atoms in total. The van der Waals surface area contributed by atoms with Crippen LogP contribution >= 0.6 is 0 Å². The predicted molar refractivity (Wildman–Crippen MR) is 40.4 cm³/mol. The highest BCUT2D eigenvalue weighted by Gasteiger charge is 2.13. The van der Waals surface area contributed by atoms with Gasteiger partial charge in [-0.05, 0) is 6.92 Å². The van der Waals surface area contributed by atoms with Gasteiger partial charge in [-0.15, -0.1) is 0 Å². The highest BCUT2D eigenvalue weighted by molar-refractivity contribution is 4.57. The van der Waals surface area contributed by atoms with Crippen LogP contribution in [0.1, 0.15) is 6.92 Å². The van der Waals surface area contributed by atoms with Crippen LogP contribution in [0.4, 0.5) is 0 Å². The molecule has 0 aliphatic rings. The summed E-state index contributed by atoms with van der Waals surface area (Å²) < 4.78 is 0. The van der Waals surface area contributed by atoms with Crippen LogP contribution in [-0.2, 0) is 0 Å². The van der Waals surface area contributed by atoms with Crippen molar-refractivity contribution in [2.45, 2.75) is 19.1 Å². The lowest BCUT2D eigenvalue weighted by molar-refractivity contribution is -0.862. The first-order chi connectivity index (χ1) is 4.04. The van der Waals surface area contributed by atoms with Crippen LogP contribution in [0.5, 0.6) is 0 Å². The van der Waals surface area contributed by atoms with Crippen LogP contribution in [0.25, 0.3) is 0 Å². The summed E-state index contributed by atoms with van der Waals surface area (Å²) in [6.07, 6.45) is -1.20. The third-order valence-electron chi connectivity index (χ3n) is 1.17. The number of aliphatic hydroxyl groups is 2. The normalized spacial score (nSPS) is 14.7. The van der Waals surface area contributed by atoms with E-state index >= 15 is 0 Å². The Morgan fingerprint density at radius 3 is 1.73 bits per heavy atom. The van der Waals surface area contributed by atoms with Gasteiger partial charge in [-0.25, -0.2) is 0 Å². The predicted octanol–water partition coefficient (Wildman–Crippen LogP) is -4.96. The SMILES string of the molecule is CC(O)C(O)C[NH+](C)C.N.[Cl-]. The summed E-state index contributed by atoms with van der Waals surface area (Å²) >= 11 is 0. The van der Waals surface area contributed by atoms with Gasteiger partial charge in [0.15, 0.2) is 0 Å². The Hall–Kier alpha value is 0.130. The molecule has 0 aliphatic carbocycles. The van der Waals surface area contributed by atoms with Gasteiger partial charge in [0.1, 0.15) is 12.6 Å². The maximum absolute atomic E-state index is 9.03. The van der Waals surface area contributed by atoms with Crippen molar-refractivity contribution in [1.82, 2.24) is 6.15 Å². The van der Waals surface area contributed by atoms with Crippen molar-refractivity contribution in [2.75, 3.05) is 20.6 Å². The second-order valence-corrected chi connectivity index (χ2v) is 2.72. The fraction of sp³-hybridized carbons (Fsp3) is 1.00. The smallest absolute Gasteiger partial charge is 0.128 e. The van der Waals surface area contributed by atoms with Gasteiger partial charge in [-0.2, -0.15) is 0 Å². The second kappa shape index (κ2) is 8.23. The number of likely N-dealkylation sites (N-methyl/N-ethyl adjacent to an activating group) is 1. The Morgan fingerprint density at radius 1 is 1.27 bits per heavy atom. The number of hydrogen-bond acceptors (Lipinski definition) is 3. The third kappa shape index (κ3) is 10.1. The van der Waals surface area contributed by atoms with E-state index in [1.807, 2.05) is 14.1 Å². The number of aliphatic hydroxyl groups excluding tert-OH is 2. The van der Waals surface area contributed by atoms with Gasteiger partial charge >= 0.3 is 0 Å². The standard InChI is InChI=1S/C6H15NO2.ClH.H3N/c1-5(8)6(9)4-7(2)3;;/h5-6,8-9H,4H2,1-3H3;1H;1H3. The summed E-state index contributed by atoms with van der Waals surface area (Å²) in [4.78, 5) is 1.14. The van der Waals surface area contributed by atoms with Crippen LogP contribution in [0, 0.1) is 0 Å². The van der Waals surface area contributed by atoms with E-state index in [9.17, 15) is 0 Å². The molecule has 0 aromatic heterocycles. The van der Waals surface area contributed by atoms with E-state index in [4.69, 9.17) is 10.2 Å². The van der Waals surface area contributed by atoms with Gasteiger partial charge < -0.3 is 33.7 Å². The van der Waals surface area contributed by atoms with Crippen LogP contribution in [0.15, 0.2) is 0 Å². The molecular weight excluding hydrogens is 168 g/mol. The number of hydrogen-bond donors (Lipinski definition) is 4. The molecule has 0 saturated heterocycles. The van der Waals surface area contributed by atoms with Gasteiger partial charge in [0, 0.05) is 0 Å². The maximum atomic E-state index is 9.03. The first kappa shape index (κ1) is 17.3. The fourth-order valence-electron chi connectivity index (χ4n) is 0.589. The molecule has 72 valence electrons. The van der Waals surface area contributed by atoms with Gasteiger partial charge in [0.2, 0.25) is 0 Å². The molecule has 0 amide bonds. The van der Waals surface area contributed by atoms with Crippen molar-refractivity contribution in [3.8, 4) is 0 Å². The molecule has 0 heterocycles. The monoisotopic (exact) mass is 186 g/mol. The number of rotatable bonds is 3. The maximum Gasteiger partial charge on any atom is 0.128 e. The van der Waals surface area contributed by atoms with Crippen molar-refractivity contribution in [3.05, 3.63) is 0 Å². The van der Waals surface area contributed by atoms with E-state index in [1.54, 1.807) is 6.92 Å². The van der Waals surface area contributed by atoms with Gasteiger partial charge in [-0.3, -0.25) is 0 Å². The summed E-state index contributed by atoms with van der Waals surface area (Å²) in [5, 5.41) is 17.8. The summed E-state index contributed by atoms with van der Waals surface area (Å²) in [6, 6.07) is 0. The quantitative estimate of drug-likeness (QED) is 0.357. The van der Waals surface area contributed by atoms with E-state index in [0.29, 0.717) is 6.54 Å². The number of halogens is 1. The van der Waals surface area contributed by atoms with Crippen molar-refractivity contribution >= 4 is 0 Å². The molecule has 6 N–H and O–H groups in total. The molecule has 5 heteroatoms. The minimum Gasteiger partial charge on any atom is -1.00 e. The van der Waals surface area contributed by atoms with Crippen LogP contribution in [0.2, 0.25) is 0 Å². The minimum absolute atomic E-state index is 0. The lowest BCUT2D eigenvalue weighted by atomic mass is 10.2. The van der Waals surface area contributed by atoms with E-state index < -0.39 is 12.2 Å². The number of nitrogens with one attached hydrogen (secondary N) is 1. The van der Waals surface area contributed by atoms with Crippen LogP contribution in [0.3, 0.4) is 0 Å². The topological polar surface area (TPSA) is 79.9 Å². The highest BCUT2D eigenvalue weighted by atomic mass is 35.5. The molecule has 0 rings (SSSR count). The first-order valence-electron chi connectivity index (χ1n) is 3.19. The molecule has 0 spiro atoms. The molecule has 0 aliphatic heterocycles. The second-order valence-electron chi connectivity index (χ2n) is 2.72. The van der Waals surface area contributed by atoms with E-state index in [0.717, 1.165) is 4.90 Å². The summed E-state index contributed by atoms with van der Waals surface area (Å²) in [5.74, 6) is 0. The average Bonchev–Trinajstić information content (AvgIpc) is 1.63. The third-order valence-corrected chi connectivity index (χ3v) is 1.17. The van der Waals surface area contributed by atoms with Crippen molar-refractivity contribution in [3.63, 3.8) is 0 Å². The zero-order valence-electron chi connectivity index (χ0n) is 7.34. The van der Waals surface area contributed by atoms with Gasteiger partial charge in [0.25, 0.3) is 0 Å². The molecule has 0 radical (unpaired) electrons. The lowest BCUT2D eigenvalue weighted by Crippen LogP contribution is -3.07. The molecule has 0 fully saturated rings. The van der Waals surface area contributed by atoms with Crippen molar-refractivity contribution < 1.29 is 27.5 Å². The molecule has 2 unspecified atom stereocenters. The molecule has 0 aromatic rings. The van der Waals surface area contributed by atoms with Gasteiger partial charge in [-0.1, -0.05) is 0 Å². The van der Waals surface area contributed by atoms with E-state index in [2.05, 4.69) is 0 Å². The summed E-state index contributed by atoms with van der Waals surface area (Å²) in [7, 11) is 3.87. The number of quaternary nitrogens is 1. The molecular formula is C6H19ClN2O2. The van der Waals surface area contributed by atoms with Crippen LogP contribution in [-0.4, -0.2) is 43.1 Å². The Labute approximate surface area is 74.2 Å². The Kier molecular flexibility index (Phi) is 12.9. The van der Waals surface area contributed by atoms with Crippen molar-refractivity contribution in [2.24, 2.45) is 0 Å². The molecule has 2 atom stereocenters. The average molecular weight is 187 g/mol. The lowest BCUT2D eigenvalue weighted by Gasteiger charge is -2.15. The van der Waals surface area contributed by atoms with E-state index in [-0.39, 0.29) is 18.6 Å². The molecule has 0 bridgehead atoms. The first-order valence-corrected chi connectivity index (χ1v) is 3.19. The Bertz CT molecular complexity index is 81.0. The zero-order chi connectivity index (χ0) is 7.44. The molecule has 0 aromatic carbocycles. The van der Waals surface area contributed by atoms with E-state index in [1.165, 1.54) is 0 Å². The minimum atomic E-state index is -0.611. The summed E-state index contributed by atoms with van der Waals surface area (Å²) in [6.45, 7) is 2.19. The van der Waals surface area contributed by atoms with Crippen LogP contribution < -0.4 is 23.5 Å². The summed E-state index contributed by atoms with van der Waals surface area (Å²) in [5.41, 5.74) is 0. The van der Waals surface area contributed by atoms with Crippen molar-refractivity contribution in [1.29, 1.82) is 0 Å². The van der Waals surface area contributed by atoms with Gasteiger partial charge in [0.05, 0.1) is 20.2 Å². The Balaban J connectivity index is -0.000000320.